The normalized spacial score (nSPS) is 7.20. The summed E-state index contributed by atoms with van der Waals surface area (Å²) in [4.78, 5) is 19.3. The van der Waals surface area contributed by atoms with Crippen LogP contribution in [0.2, 0.25) is 26.2 Å². The van der Waals surface area contributed by atoms with Crippen molar-refractivity contribution in [2.24, 2.45) is 0 Å². The van der Waals surface area contributed by atoms with Crippen molar-refractivity contribution in [2.75, 3.05) is 0 Å². The van der Waals surface area contributed by atoms with Gasteiger partial charge in [-0.1, -0.05) is 44.3 Å². The summed E-state index contributed by atoms with van der Waals surface area (Å²) in [6, 6.07) is 0. The third kappa shape index (κ3) is 99.8. The second kappa shape index (κ2) is 18.4. The molecule has 2 nitrogen and oxygen atoms in total. The first-order chi connectivity index (χ1) is 3.46. The monoisotopic (exact) mass is 228 g/mol. The standard InChI is InChI=1S/2C2H7OSi.2K/c2*1-4(2)3;;/h2*4H,1-2H3;;/q2*-1;2*+1. The van der Waals surface area contributed by atoms with E-state index in [0.717, 1.165) is 0 Å². The molecule has 0 rings (SSSR count). The summed E-state index contributed by atoms with van der Waals surface area (Å²) < 4.78 is 0. The molecule has 0 aliphatic rings. The molecule has 0 radical (unpaired) electrons. The molecule has 0 N–H and O–H groups in total. The van der Waals surface area contributed by atoms with Crippen LogP contribution in [-0.2, 0) is 0 Å². The van der Waals surface area contributed by atoms with Crippen LogP contribution in [0.1, 0.15) is 0 Å². The van der Waals surface area contributed by atoms with Crippen LogP contribution in [0.15, 0.2) is 0 Å². The topological polar surface area (TPSA) is 46.1 Å². The first-order valence-corrected chi connectivity index (χ1v) is 8.34. The molecule has 6 heteroatoms. The second-order valence-electron chi connectivity index (χ2n) is 2.10. The molecule has 0 aliphatic carbocycles. The van der Waals surface area contributed by atoms with Gasteiger partial charge in [-0.2, -0.15) is 0 Å². The molecule has 0 aromatic heterocycles. The van der Waals surface area contributed by atoms with E-state index in [9.17, 15) is 9.59 Å². The van der Waals surface area contributed by atoms with Crippen LogP contribution in [-0.4, -0.2) is 18.1 Å². The molecule has 0 aromatic rings. The third-order valence-electron chi connectivity index (χ3n) is 0. The van der Waals surface area contributed by atoms with E-state index in [0.29, 0.717) is 0 Å². The van der Waals surface area contributed by atoms with Gasteiger partial charge in [0.25, 0.3) is 0 Å². The van der Waals surface area contributed by atoms with Gasteiger partial charge in [-0.05, 0) is 0 Å². The maximum absolute atomic E-state index is 9.67. The molecular formula is C4H14K2O2Si2. The van der Waals surface area contributed by atoms with Crippen molar-refractivity contribution in [3.05, 3.63) is 0 Å². The van der Waals surface area contributed by atoms with Crippen LogP contribution in [0.4, 0.5) is 0 Å². The zero-order chi connectivity index (χ0) is 7.15. The first kappa shape index (κ1) is 23.4. The van der Waals surface area contributed by atoms with Crippen LogP contribution in [0.3, 0.4) is 0 Å². The molecule has 0 spiro atoms. The largest absolute Gasteiger partial charge is 1.00 e. The second-order valence-corrected chi connectivity index (χ2v) is 6.29. The molecule has 0 aromatic carbocycles. The van der Waals surface area contributed by atoms with Crippen molar-refractivity contribution in [1.82, 2.24) is 0 Å². The Balaban J connectivity index is -0.0000000300. The Labute approximate surface area is 152 Å². The molecule has 0 fully saturated rings. The minimum absolute atomic E-state index is 0. The molecule has 0 unspecified atom stereocenters. The number of hydrogen-bond donors (Lipinski definition) is 0. The Hall–Kier alpha value is 3.63. The maximum Gasteiger partial charge on any atom is 1.00 e. The van der Waals surface area contributed by atoms with Gasteiger partial charge in [-0.15, -0.1) is 0 Å². The molecular weight excluding hydrogens is 214 g/mol. The number of hydrogen-bond acceptors (Lipinski definition) is 2. The molecule has 0 aliphatic heterocycles. The quantitative estimate of drug-likeness (QED) is 0.387. The summed E-state index contributed by atoms with van der Waals surface area (Å²) in [5.41, 5.74) is 0. The average Bonchev–Trinajstić information content (AvgIpc) is 1.25. The van der Waals surface area contributed by atoms with E-state index in [4.69, 9.17) is 0 Å². The molecule has 0 heterocycles. The Morgan fingerprint density at radius 3 is 0.700 bits per heavy atom. The zero-order valence-corrected chi connectivity index (χ0v) is 16.5. The first-order valence-electron chi connectivity index (χ1n) is 2.78. The van der Waals surface area contributed by atoms with Crippen molar-refractivity contribution in [1.29, 1.82) is 0 Å². The van der Waals surface area contributed by atoms with E-state index >= 15 is 0 Å². The summed E-state index contributed by atoms with van der Waals surface area (Å²) in [5.74, 6) is 0. The van der Waals surface area contributed by atoms with Crippen LogP contribution >= 0.6 is 0 Å². The summed E-state index contributed by atoms with van der Waals surface area (Å²) in [5, 5.41) is 0. The Morgan fingerprint density at radius 2 is 0.700 bits per heavy atom. The Bertz CT molecular complexity index is 34.7. The van der Waals surface area contributed by atoms with Gasteiger partial charge >= 0.3 is 103 Å². The van der Waals surface area contributed by atoms with Crippen LogP contribution in [0.25, 0.3) is 0 Å². The minimum Gasteiger partial charge on any atom is -0.861 e. The summed E-state index contributed by atoms with van der Waals surface area (Å²) in [7, 11) is -2.78. The predicted octanol–water partition coefficient (Wildman–Crippen LogP) is -7.33. The summed E-state index contributed by atoms with van der Waals surface area (Å²) in [6.07, 6.45) is 0. The fourth-order valence-electron chi connectivity index (χ4n) is 0. The molecule has 0 bridgehead atoms. The van der Waals surface area contributed by atoms with E-state index in [1.54, 1.807) is 26.2 Å². The van der Waals surface area contributed by atoms with Crippen molar-refractivity contribution in [3.8, 4) is 0 Å². The van der Waals surface area contributed by atoms with Crippen molar-refractivity contribution in [2.45, 2.75) is 26.2 Å². The molecule has 0 saturated heterocycles. The van der Waals surface area contributed by atoms with E-state index in [2.05, 4.69) is 0 Å². The molecule has 52 valence electrons. The molecule has 0 amide bonds. The fraction of sp³-hybridized carbons (Fsp3) is 1.00. The van der Waals surface area contributed by atoms with E-state index in [1.165, 1.54) is 0 Å². The molecule has 10 heavy (non-hydrogen) atoms. The number of rotatable bonds is 0. The van der Waals surface area contributed by atoms with E-state index < -0.39 is 18.1 Å². The van der Waals surface area contributed by atoms with Crippen molar-refractivity contribution >= 4 is 18.1 Å². The molecule has 0 saturated carbocycles. The van der Waals surface area contributed by atoms with Crippen LogP contribution < -0.4 is 112 Å². The third-order valence-corrected chi connectivity index (χ3v) is 0. The van der Waals surface area contributed by atoms with Crippen molar-refractivity contribution < 1.29 is 112 Å². The summed E-state index contributed by atoms with van der Waals surface area (Å²) >= 11 is 0. The Kier molecular flexibility index (Phi) is 43.2. The van der Waals surface area contributed by atoms with Gasteiger partial charge in [-0.25, -0.2) is 0 Å². The van der Waals surface area contributed by atoms with E-state index in [-0.39, 0.29) is 103 Å². The van der Waals surface area contributed by atoms with Gasteiger partial charge in [0.05, 0.1) is 0 Å². The SMILES string of the molecule is C[SiH](C)[O-].C[SiH](C)[O-].[K+].[K+]. The smallest absolute Gasteiger partial charge is 0.861 e. The summed E-state index contributed by atoms with van der Waals surface area (Å²) in [6.45, 7) is 7.00. The maximum atomic E-state index is 9.67. The Morgan fingerprint density at radius 1 is 0.700 bits per heavy atom. The van der Waals surface area contributed by atoms with Gasteiger partial charge in [0, 0.05) is 0 Å². The average molecular weight is 229 g/mol. The predicted molar refractivity (Wildman–Crippen MR) is 37.8 cm³/mol. The van der Waals surface area contributed by atoms with Gasteiger partial charge in [0.1, 0.15) is 0 Å². The fourth-order valence-corrected chi connectivity index (χ4v) is 0. The van der Waals surface area contributed by atoms with Gasteiger partial charge in [0.15, 0.2) is 0 Å². The van der Waals surface area contributed by atoms with Crippen molar-refractivity contribution in [3.63, 3.8) is 0 Å². The van der Waals surface area contributed by atoms with Crippen LogP contribution in [0, 0.1) is 0 Å². The minimum atomic E-state index is -1.39. The molecule has 0 atom stereocenters. The van der Waals surface area contributed by atoms with Gasteiger partial charge in [0.2, 0.25) is 0 Å². The van der Waals surface area contributed by atoms with Gasteiger partial charge in [-0.3, -0.25) is 0 Å². The van der Waals surface area contributed by atoms with Gasteiger partial charge < -0.3 is 9.59 Å². The zero-order valence-electron chi connectivity index (χ0n) is 7.97. The van der Waals surface area contributed by atoms with E-state index in [1.807, 2.05) is 0 Å². The van der Waals surface area contributed by atoms with Crippen LogP contribution in [0.5, 0.6) is 0 Å².